The number of hydrogen-bond donors (Lipinski definition) is 2. The minimum Gasteiger partial charge on any atom is -0.506 e. The standard InChI is InChI=1S/C17H13ClN2O3/c1-23-14-4-2-3-13(9-14)20-17(22)12(10-19)7-11-5-6-16(21)15(18)8-11/h2-9,21H,1H3,(H,20,22). The van der Waals surface area contributed by atoms with E-state index in [1.54, 1.807) is 30.3 Å². The van der Waals surface area contributed by atoms with E-state index in [1.165, 1.54) is 25.3 Å². The number of benzene rings is 2. The summed E-state index contributed by atoms with van der Waals surface area (Å²) in [7, 11) is 1.52. The van der Waals surface area contributed by atoms with E-state index in [9.17, 15) is 15.2 Å². The quantitative estimate of drug-likeness (QED) is 0.663. The molecule has 2 rings (SSSR count). The molecule has 5 nitrogen and oxygen atoms in total. The van der Waals surface area contributed by atoms with Gasteiger partial charge in [0.15, 0.2) is 0 Å². The van der Waals surface area contributed by atoms with Crippen LogP contribution in [-0.4, -0.2) is 18.1 Å². The van der Waals surface area contributed by atoms with Crippen LogP contribution in [0.4, 0.5) is 5.69 Å². The number of halogens is 1. The summed E-state index contributed by atoms with van der Waals surface area (Å²) in [5.41, 5.74) is 0.957. The molecular formula is C17H13ClN2O3. The predicted molar refractivity (Wildman–Crippen MR) is 88.3 cm³/mol. The molecule has 0 unspecified atom stereocenters. The van der Waals surface area contributed by atoms with E-state index in [0.717, 1.165) is 0 Å². The Morgan fingerprint density at radius 2 is 2.13 bits per heavy atom. The first-order valence-electron chi connectivity index (χ1n) is 6.59. The number of ether oxygens (including phenoxy) is 1. The summed E-state index contributed by atoms with van der Waals surface area (Å²) < 4.78 is 5.07. The number of carbonyl (C=O) groups excluding carboxylic acids is 1. The molecule has 0 saturated carbocycles. The second-order valence-electron chi connectivity index (χ2n) is 4.57. The number of hydrogen-bond acceptors (Lipinski definition) is 4. The minimum absolute atomic E-state index is 0.0665. The van der Waals surface area contributed by atoms with E-state index >= 15 is 0 Å². The number of amides is 1. The van der Waals surface area contributed by atoms with Crippen LogP contribution in [0.15, 0.2) is 48.0 Å². The van der Waals surface area contributed by atoms with E-state index in [0.29, 0.717) is 17.0 Å². The van der Waals surface area contributed by atoms with Crippen molar-refractivity contribution in [1.82, 2.24) is 0 Å². The zero-order chi connectivity index (χ0) is 16.8. The number of phenols is 1. The van der Waals surface area contributed by atoms with Gasteiger partial charge in [-0.1, -0.05) is 23.7 Å². The lowest BCUT2D eigenvalue weighted by molar-refractivity contribution is -0.112. The molecule has 0 saturated heterocycles. The maximum atomic E-state index is 12.2. The van der Waals surface area contributed by atoms with Crippen molar-refractivity contribution in [3.05, 3.63) is 58.6 Å². The average Bonchev–Trinajstić information content (AvgIpc) is 2.55. The first-order chi connectivity index (χ1) is 11.0. The Morgan fingerprint density at radius 1 is 1.35 bits per heavy atom. The number of nitrogens with one attached hydrogen (secondary N) is 1. The Labute approximate surface area is 138 Å². The predicted octanol–water partition coefficient (Wildman–Crippen LogP) is 3.60. The van der Waals surface area contributed by atoms with Crippen LogP contribution in [0, 0.1) is 11.3 Å². The van der Waals surface area contributed by atoms with Gasteiger partial charge in [-0.3, -0.25) is 4.79 Å². The van der Waals surface area contributed by atoms with Crippen molar-refractivity contribution in [2.75, 3.05) is 12.4 Å². The van der Waals surface area contributed by atoms with Crippen molar-refractivity contribution >= 4 is 29.3 Å². The molecule has 2 aromatic rings. The van der Waals surface area contributed by atoms with Crippen LogP contribution in [0.2, 0.25) is 5.02 Å². The highest BCUT2D eigenvalue weighted by molar-refractivity contribution is 6.32. The third kappa shape index (κ3) is 4.25. The molecule has 2 N–H and O–H groups in total. The smallest absolute Gasteiger partial charge is 0.266 e. The fourth-order valence-electron chi connectivity index (χ4n) is 1.83. The summed E-state index contributed by atoms with van der Waals surface area (Å²) >= 11 is 5.81. The third-order valence-corrected chi connectivity index (χ3v) is 3.28. The molecule has 0 fully saturated rings. The molecule has 0 aliphatic carbocycles. The molecule has 0 aliphatic heterocycles. The van der Waals surface area contributed by atoms with Crippen LogP contribution in [-0.2, 0) is 4.79 Å². The zero-order valence-electron chi connectivity index (χ0n) is 12.2. The topological polar surface area (TPSA) is 82.3 Å². The molecule has 1 amide bonds. The molecular weight excluding hydrogens is 316 g/mol. The van der Waals surface area contributed by atoms with Gasteiger partial charge in [0.05, 0.1) is 12.1 Å². The molecule has 6 heteroatoms. The zero-order valence-corrected chi connectivity index (χ0v) is 13.0. The van der Waals surface area contributed by atoms with Crippen molar-refractivity contribution in [3.63, 3.8) is 0 Å². The van der Waals surface area contributed by atoms with Gasteiger partial charge in [-0.2, -0.15) is 5.26 Å². The largest absolute Gasteiger partial charge is 0.506 e. The molecule has 0 aliphatic rings. The number of methoxy groups -OCH3 is 1. The van der Waals surface area contributed by atoms with Crippen LogP contribution in [0.25, 0.3) is 6.08 Å². The highest BCUT2D eigenvalue weighted by atomic mass is 35.5. The number of anilines is 1. The van der Waals surface area contributed by atoms with Gasteiger partial charge in [-0.25, -0.2) is 0 Å². The minimum atomic E-state index is -0.551. The van der Waals surface area contributed by atoms with Gasteiger partial charge >= 0.3 is 0 Å². The first-order valence-corrected chi connectivity index (χ1v) is 6.97. The molecule has 0 heterocycles. The highest BCUT2D eigenvalue weighted by Gasteiger charge is 2.10. The molecule has 0 radical (unpaired) electrons. The van der Waals surface area contributed by atoms with Crippen LogP contribution in [0.3, 0.4) is 0 Å². The van der Waals surface area contributed by atoms with Gasteiger partial charge in [0, 0.05) is 11.8 Å². The summed E-state index contributed by atoms with van der Waals surface area (Å²) in [5.74, 6) is -0.0243. The van der Waals surface area contributed by atoms with Crippen LogP contribution in [0.1, 0.15) is 5.56 Å². The number of rotatable bonds is 4. The van der Waals surface area contributed by atoms with Crippen molar-refractivity contribution in [1.29, 1.82) is 5.26 Å². The lowest BCUT2D eigenvalue weighted by Gasteiger charge is -2.06. The third-order valence-electron chi connectivity index (χ3n) is 2.98. The van der Waals surface area contributed by atoms with Crippen molar-refractivity contribution in [2.45, 2.75) is 0 Å². The number of aromatic hydroxyl groups is 1. The van der Waals surface area contributed by atoms with Gasteiger partial charge in [0.2, 0.25) is 0 Å². The molecule has 0 bridgehead atoms. The SMILES string of the molecule is COc1cccc(NC(=O)C(C#N)=Cc2ccc(O)c(Cl)c2)c1. The lowest BCUT2D eigenvalue weighted by Crippen LogP contribution is -2.13. The van der Waals surface area contributed by atoms with Crippen molar-refractivity contribution in [3.8, 4) is 17.6 Å². The van der Waals surface area contributed by atoms with Gasteiger partial charge < -0.3 is 15.2 Å². The van der Waals surface area contributed by atoms with Crippen LogP contribution in [0.5, 0.6) is 11.5 Å². The number of nitrogens with zero attached hydrogens (tertiary/aromatic N) is 1. The van der Waals surface area contributed by atoms with Gasteiger partial charge in [-0.15, -0.1) is 0 Å². The van der Waals surface area contributed by atoms with E-state index in [1.807, 2.05) is 6.07 Å². The molecule has 116 valence electrons. The normalized spacial score (nSPS) is 10.7. The van der Waals surface area contributed by atoms with E-state index in [-0.39, 0.29) is 16.3 Å². The number of nitriles is 1. The monoisotopic (exact) mass is 328 g/mol. The van der Waals surface area contributed by atoms with Crippen LogP contribution >= 0.6 is 11.6 Å². The summed E-state index contributed by atoms with van der Waals surface area (Å²) in [6.45, 7) is 0. The molecule has 23 heavy (non-hydrogen) atoms. The number of phenolic OH excluding ortho intramolecular Hbond substituents is 1. The Hall–Kier alpha value is -2.97. The summed E-state index contributed by atoms with van der Waals surface area (Å²) in [6, 6.07) is 13.1. The van der Waals surface area contributed by atoms with Gasteiger partial charge in [-0.05, 0) is 35.9 Å². The Kier molecular flexibility index (Phi) is 5.23. The lowest BCUT2D eigenvalue weighted by atomic mass is 10.1. The Bertz CT molecular complexity index is 810. The van der Waals surface area contributed by atoms with E-state index in [4.69, 9.17) is 16.3 Å². The summed E-state index contributed by atoms with van der Waals surface area (Å²) in [4.78, 5) is 12.2. The molecule has 0 aromatic heterocycles. The van der Waals surface area contributed by atoms with E-state index in [2.05, 4.69) is 5.32 Å². The second-order valence-corrected chi connectivity index (χ2v) is 4.97. The number of carbonyl (C=O) groups is 1. The maximum Gasteiger partial charge on any atom is 0.266 e. The van der Waals surface area contributed by atoms with Crippen LogP contribution < -0.4 is 10.1 Å². The van der Waals surface area contributed by atoms with Gasteiger partial charge in [0.25, 0.3) is 5.91 Å². The average molecular weight is 329 g/mol. The summed E-state index contributed by atoms with van der Waals surface area (Å²) in [5, 5.41) is 21.3. The fourth-order valence-corrected chi connectivity index (χ4v) is 2.02. The maximum absolute atomic E-state index is 12.2. The van der Waals surface area contributed by atoms with E-state index < -0.39 is 5.91 Å². The Morgan fingerprint density at radius 3 is 2.78 bits per heavy atom. The molecule has 0 atom stereocenters. The molecule has 0 spiro atoms. The molecule has 2 aromatic carbocycles. The van der Waals surface area contributed by atoms with Gasteiger partial charge in [0.1, 0.15) is 23.1 Å². The van der Waals surface area contributed by atoms with Crippen molar-refractivity contribution in [2.24, 2.45) is 0 Å². The first kappa shape index (κ1) is 16.4. The summed E-state index contributed by atoms with van der Waals surface area (Å²) in [6.07, 6.45) is 1.39. The fraction of sp³-hybridized carbons (Fsp3) is 0.0588. The second kappa shape index (κ2) is 7.34. The highest BCUT2D eigenvalue weighted by Crippen LogP contribution is 2.25. The van der Waals surface area contributed by atoms with Crippen molar-refractivity contribution < 1.29 is 14.6 Å². The Balaban J connectivity index is 2.22.